The van der Waals surface area contributed by atoms with Crippen molar-refractivity contribution in [3.8, 4) is 11.8 Å². The number of aliphatic imine (C=N–C) groups is 1. The molecule has 0 amide bonds. The molecule has 5 rings (SSSR count). The van der Waals surface area contributed by atoms with Gasteiger partial charge in [0.15, 0.2) is 5.82 Å². The highest BCUT2D eigenvalue weighted by molar-refractivity contribution is 7.98. The zero-order valence-electron chi connectivity index (χ0n) is 27.9. The van der Waals surface area contributed by atoms with Gasteiger partial charge in [-0.2, -0.15) is 0 Å². The third kappa shape index (κ3) is 7.09. The lowest BCUT2D eigenvalue weighted by atomic mass is 10.2. The second-order valence-corrected chi connectivity index (χ2v) is 17.8. The lowest BCUT2D eigenvalue weighted by molar-refractivity contribution is -0.0499. The van der Waals surface area contributed by atoms with Gasteiger partial charge in [0.25, 0.3) is 8.32 Å². The Labute approximate surface area is 278 Å². The number of aromatic nitrogens is 3. The first kappa shape index (κ1) is 33.9. The van der Waals surface area contributed by atoms with E-state index in [2.05, 4.69) is 108 Å². The number of thioether (sulfide) groups is 1. The number of benzene rings is 2. The van der Waals surface area contributed by atoms with Gasteiger partial charge < -0.3 is 23.4 Å². The van der Waals surface area contributed by atoms with E-state index >= 15 is 0 Å². The maximum atomic E-state index is 7.31. The average Bonchev–Trinajstić information content (AvgIpc) is 3.63. The molecular weight excluding hydrogens is 611 g/mol. The van der Waals surface area contributed by atoms with Crippen LogP contribution in [0.25, 0.3) is 11.0 Å². The summed E-state index contributed by atoms with van der Waals surface area (Å²) < 4.78 is 22.7. The third-order valence-corrected chi connectivity index (χ3v) is 13.5. The van der Waals surface area contributed by atoms with Gasteiger partial charge in [0.1, 0.15) is 24.3 Å². The minimum atomic E-state index is -2.77. The van der Waals surface area contributed by atoms with Crippen molar-refractivity contribution in [2.75, 3.05) is 32.9 Å². The van der Waals surface area contributed by atoms with E-state index in [1.54, 1.807) is 24.4 Å². The van der Waals surface area contributed by atoms with E-state index in [9.17, 15) is 0 Å². The summed E-state index contributed by atoms with van der Waals surface area (Å²) in [5.74, 6) is 7.68. The number of hydrogen-bond donors (Lipinski definition) is 0. The lowest BCUT2D eigenvalue weighted by Crippen LogP contribution is -2.67. The summed E-state index contributed by atoms with van der Waals surface area (Å²) in [6.45, 7) is 9.32. The quantitative estimate of drug-likeness (QED) is 0.0647. The smallest absolute Gasteiger partial charge is 0.261 e. The predicted octanol–water partition coefficient (Wildman–Crippen LogP) is 5.98. The molecule has 3 unspecified atom stereocenters. The van der Waals surface area contributed by atoms with E-state index in [1.807, 2.05) is 38.4 Å². The van der Waals surface area contributed by atoms with Crippen LogP contribution in [0, 0.1) is 11.8 Å². The molecule has 8 nitrogen and oxygen atoms in total. The van der Waals surface area contributed by atoms with Gasteiger partial charge >= 0.3 is 0 Å². The first-order chi connectivity index (χ1) is 22.2. The van der Waals surface area contributed by atoms with Crippen LogP contribution in [-0.2, 0) is 13.9 Å². The van der Waals surface area contributed by atoms with Gasteiger partial charge in [-0.3, -0.25) is 0 Å². The molecule has 2 aromatic heterocycles. The van der Waals surface area contributed by atoms with E-state index in [4.69, 9.17) is 18.9 Å². The Hall–Kier alpha value is -3.46. The molecule has 1 saturated heterocycles. The van der Waals surface area contributed by atoms with Crippen molar-refractivity contribution in [2.45, 2.75) is 64.0 Å². The van der Waals surface area contributed by atoms with Crippen LogP contribution in [0.2, 0.25) is 5.04 Å². The molecule has 46 heavy (non-hydrogen) atoms. The summed E-state index contributed by atoms with van der Waals surface area (Å²) >= 11 is 1.66. The minimum Gasteiger partial charge on any atom is -0.405 e. The first-order valence-corrected chi connectivity index (χ1v) is 19.1. The Morgan fingerprint density at radius 1 is 1.09 bits per heavy atom. The van der Waals surface area contributed by atoms with Crippen molar-refractivity contribution in [3.05, 3.63) is 78.8 Å². The number of nitrogens with zero attached hydrogens (tertiary/aromatic N) is 5. The van der Waals surface area contributed by atoms with Crippen LogP contribution in [0.1, 0.15) is 52.3 Å². The minimum absolute atomic E-state index is 0.146. The second-order valence-electron chi connectivity index (χ2n) is 12.7. The van der Waals surface area contributed by atoms with Crippen molar-refractivity contribution in [1.82, 2.24) is 19.4 Å². The SMILES string of the molecule is CCC#Cc1cn(C2CC(OCSC)C(CO[Si](c3ccccc3)(c3ccccc3)C(C)(C)C)O2)c2ncnc(/N=C/N(C)C)c12. The Morgan fingerprint density at radius 2 is 1.76 bits per heavy atom. The van der Waals surface area contributed by atoms with E-state index < -0.39 is 8.32 Å². The Balaban J connectivity index is 1.53. The molecule has 0 N–H and O–H groups in total. The van der Waals surface area contributed by atoms with Gasteiger partial charge in [-0.15, -0.1) is 11.8 Å². The summed E-state index contributed by atoms with van der Waals surface area (Å²) in [7, 11) is 1.10. The molecular formula is C36H45N5O3SSi. The van der Waals surface area contributed by atoms with E-state index in [0.29, 0.717) is 24.8 Å². The highest BCUT2D eigenvalue weighted by atomic mass is 32.2. The molecule has 0 bridgehead atoms. The van der Waals surface area contributed by atoms with Crippen LogP contribution in [0.4, 0.5) is 5.82 Å². The molecule has 2 aromatic carbocycles. The number of rotatable bonds is 11. The molecule has 0 radical (unpaired) electrons. The zero-order valence-corrected chi connectivity index (χ0v) is 29.8. The van der Waals surface area contributed by atoms with Crippen LogP contribution in [0.15, 0.2) is 78.2 Å². The summed E-state index contributed by atoms with van der Waals surface area (Å²) in [5.41, 5.74) is 1.57. The highest BCUT2D eigenvalue weighted by Crippen LogP contribution is 2.40. The van der Waals surface area contributed by atoms with Crippen molar-refractivity contribution < 1.29 is 13.9 Å². The molecule has 1 fully saturated rings. The van der Waals surface area contributed by atoms with Crippen LogP contribution >= 0.6 is 11.8 Å². The van der Waals surface area contributed by atoms with E-state index in [-0.39, 0.29) is 23.5 Å². The Kier molecular flexibility index (Phi) is 11.0. The molecule has 3 heterocycles. The predicted molar refractivity (Wildman–Crippen MR) is 192 cm³/mol. The zero-order chi connectivity index (χ0) is 32.7. The standard InChI is InChI=1S/C36H45N5O3SSi/c1-8-9-16-27-22-41(35-33(27)34(37-24-38-35)39-25-40(5)6)32-21-30(42-26-45-7)31(44-32)23-43-46(36(2,3)4,28-17-12-10-13-18-28)29-19-14-11-15-20-29/h10-15,17-20,22,24-25,30-32H,8,21,23,26H2,1-7H3/b39-25+. The second kappa shape index (κ2) is 15.0. The first-order valence-electron chi connectivity index (χ1n) is 15.8. The third-order valence-electron chi connectivity index (χ3n) is 8.17. The summed E-state index contributed by atoms with van der Waals surface area (Å²) in [6, 6.07) is 21.4. The maximum absolute atomic E-state index is 7.31. The van der Waals surface area contributed by atoms with Gasteiger partial charge in [0, 0.05) is 33.1 Å². The molecule has 4 aromatic rings. The average molecular weight is 656 g/mol. The molecule has 1 aliphatic rings. The molecule has 242 valence electrons. The molecule has 0 saturated carbocycles. The van der Waals surface area contributed by atoms with Crippen LogP contribution in [0.3, 0.4) is 0 Å². The van der Waals surface area contributed by atoms with Crippen LogP contribution in [0.5, 0.6) is 0 Å². The number of ether oxygens (including phenoxy) is 2. The van der Waals surface area contributed by atoms with Crippen LogP contribution < -0.4 is 10.4 Å². The van der Waals surface area contributed by atoms with Gasteiger partial charge in [0.2, 0.25) is 0 Å². The van der Waals surface area contributed by atoms with E-state index in [1.165, 1.54) is 10.4 Å². The normalized spacial score (nSPS) is 18.6. The number of fused-ring (bicyclic) bond motifs is 1. The molecule has 1 aliphatic heterocycles. The maximum Gasteiger partial charge on any atom is 0.261 e. The van der Waals surface area contributed by atoms with Crippen LogP contribution in [-0.4, -0.2) is 79.2 Å². The van der Waals surface area contributed by atoms with Crippen molar-refractivity contribution >= 4 is 53.6 Å². The van der Waals surface area contributed by atoms with Crippen molar-refractivity contribution in [3.63, 3.8) is 0 Å². The Bertz CT molecular complexity index is 1640. The number of hydrogen-bond acceptors (Lipinski definition) is 7. The van der Waals surface area contributed by atoms with Gasteiger partial charge in [-0.25, -0.2) is 15.0 Å². The molecule has 10 heteroatoms. The molecule has 3 atom stereocenters. The monoisotopic (exact) mass is 655 g/mol. The van der Waals surface area contributed by atoms with Crippen molar-refractivity contribution in [2.24, 2.45) is 4.99 Å². The van der Waals surface area contributed by atoms with Gasteiger partial charge in [0.05, 0.1) is 35.9 Å². The molecule has 0 aliphatic carbocycles. The fraction of sp³-hybridized carbons (Fsp3) is 0.417. The van der Waals surface area contributed by atoms with Gasteiger partial charge in [-0.05, 0) is 21.7 Å². The largest absolute Gasteiger partial charge is 0.405 e. The fourth-order valence-corrected chi connectivity index (χ4v) is 11.0. The van der Waals surface area contributed by atoms with Gasteiger partial charge in [-0.1, -0.05) is 100 Å². The topological polar surface area (TPSA) is 74.0 Å². The summed E-state index contributed by atoms with van der Waals surface area (Å²) in [6.07, 6.45) is 8.00. The van der Waals surface area contributed by atoms with Crippen molar-refractivity contribution in [1.29, 1.82) is 0 Å². The summed E-state index contributed by atoms with van der Waals surface area (Å²) in [4.78, 5) is 15.7. The fourth-order valence-electron chi connectivity index (χ4n) is 6.16. The Morgan fingerprint density at radius 3 is 2.35 bits per heavy atom. The highest BCUT2D eigenvalue weighted by Gasteiger charge is 2.51. The summed E-state index contributed by atoms with van der Waals surface area (Å²) in [5, 5.41) is 3.15. The lowest BCUT2D eigenvalue weighted by Gasteiger charge is -2.43. The van der Waals surface area contributed by atoms with E-state index in [0.717, 1.165) is 23.0 Å². The molecule has 0 spiro atoms.